The summed E-state index contributed by atoms with van der Waals surface area (Å²) in [6.45, 7) is 5.32. The number of aromatic nitrogens is 1. The molecule has 4 rings (SSSR count). The fraction of sp³-hybridized carbons (Fsp3) is 0.476. The molecule has 1 aromatic carbocycles. The quantitative estimate of drug-likeness (QED) is 0.677. The summed E-state index contributed by atoms with van der Waals surface area (Å²) in [5.41, 5.74) is 4.08. The lowest BCUT2D eigenvalue weighted by Gasteiger charge is -2.41. The summed E-state index contributed by atoms with van der Waals surface area (Å²) in [7, 11) is -3.40. The third-order valence-corrected chi connectivity index (χ3v) is 7.65. The largest absolute Gasteiger partial charge is 0.371 e. The number of hydrogen-bond donors (Lipinski definition) is 2. The lowest BCUT2D eigenvalue weighted by molar-refractivity contribution is 0.141. The molecular weight excluding hydrogens is 391 g/mol. The molecular formula is C21H27FN4O2S. The van der Waals surface area contributed by atoms with Gasteiger partial charge in [0.05, 0.1) is 6.67 Å². The van der Waals surface area contributed by atoms with Gasteiger partial charge in [0.2, 0.25) is 10.0 Å². The van der Waals surface area contributed by atoms with E-state index in [2.05, 4.69) is 33.8 Å². The van der Waals surface area contributed by atoms with Crippen molar-refractivity contribution in [3.63, 3.8) is 0 Å². The highest BCUT2D eigenvalue weighted by molar-refractivity contribution is 7.90. The minimum absolute atomic E-state index is 0.0800. The Morgan fingerprint density at radius 2 is 1.90 bits per heavy atom. The van der Waals surface area contributed by atoms with E-state index in [1.54, 1.807) is 18.5 Å². The second-order valence-electron chi connectivity index (χ2n) is 8.04. The summed E-state index contributed by atoms with van der Waals surface area (Å²) >= 11 is 0. The average Bonchev–Trinajstić information content (AvgIpc) is 3.12. The Morgan fingerprint density at radius 3 is 2.59 bits per heavy atom. The molecule has 1 fully saturated rings. The van der Waals surface area contributed by atoms with Crippen molar-refractivity contribution < 1.29 is 12.8 Å². The normalized spacial score (nSPS) is 17.4. The van der Waals surface area contributed by atoms with E-state index in [1.165, 1.54) is 0 Å². The number of nitrogens with one attached hydrogen (secondary N) is 2. The molecule has 29 heavy (non-hydrogen) atoms. The van der Waals surface area contributed by atoms with Gasteiger partial charge in [-0.15, -0.1) is 0 Å². The number of benzene rings is 1. The molecule has 156 valence electrons. The smallest absolute Gasteiger partial charge is 0.218 e. The van der Waals surface area contributed by atoms with Gasteiger partial charge in [0, 0.05) is 42.8 Å². The predicted octanol–water partition coefficient (Wildman–Crippen LogP) is 2.76. The molecule has 0 unspecified atom stereocenters. The van der Waals surface area contributed by atoms with Crippen LogP contribution in [0.15, 0.2) is 30.6 Å². The molecule has 1 saturated heterocycles. The van der Waals surface area contributed by atoms with Crippen LogP contribution in [0.3, 0.4) is 0 Å². The van der Waals surface area contributed by atoms with Gasteiger partial charge in [0.1, 0.15) is 11.1 Å². The Morgan fingerprint density at radius 1 is 1.21 bits per heavy atom. The van der Waals surface area contributed by atoms with Crippen molar-refractivity contribution in [2.75, 3.05) is 25.1 Å². The zero-order valence-electron chi connectivity index (χ0n) is 16.8. The number of rotatable bonds is 7. The van der Waals surface area contributed by atoms with Crippen LogP contribution in [-0.2, 0) is 22.9 Å². The Balaban J connectivity index is 1.52. The fourth-order valence-electron chi connectivity index (χ4n) is 4.12. The Labute approximate surface area is 171 Å². The van der Waals surface area contributed by atoms with Gasteiger partial charge in [0.25, 0.3) is 0 Å². The van der Waals surface area contributed by atoms with E-state index >= 15 is 0 Å². The van der Waals surface area contributed by atoms with E-state index < -0.39 is 10.0 Å². The van der Waals surface area contributed by atoms with Gasteiger partial charge in [0.15, 0.2) is 0 Å². The maximum atomic E-state index is 14.6. The zero-order valence-corrected chi connectivity index (χ0v) is 17.6. The van der Waals surface area contributed by atoms with Crippen LogP contribution in [0.2, 0.25) is 0 Å². The Hall–Kier alpha value is -2.03. The van der Waals surface area contributed by atoms with Crippen molar-refractivity contribution in [2.24, 2.45) is 0 Å². The molecule has 0 amide bonds. The number of hydrogen-bond acceptors (Lipinski definition) is 5. The monoisotopic (exact) mass is 418 g/mol. The standard InChI is InChI=1S/C21H27FN4O2S/c1-14(2)26-11-16(12-26)29(27,28)25-13-24-21-18-5-3-4-17(18)20(22)10-19(21)15-6-8-23-9-7-15/h6-10,14,16,24-25H,3-5,11-13H2,1-2H3. The molecule has 0 saturated carbocycles. The first-order valence-electron chi connectivity index (χ1n) is 10.1. The van der Waals surface area contributed by atoms with Gasteiger partial charge in [-0.05, 0) is 68.0 Å². The maximum absolute atomic E-state index is 14.6. The van der Waals surface area contributed by atoms with Crippen molar-refractivity contribution in [2.45, 2.75) is 44.4 Å². The average molecular weight is 419 g/mol. The minimum Gasteiger partial charge on any atom is -0.371 e. The number of likely N-dealkylation sites (tertiary alicyclic amines) is 1. The molecule has 0 spiro atoms. The Bertz CT molecular complexity index is 989. The van der Waals surface area contributed by atoms with Gasteiger partial charge < -0.3 is 5.32 Å². The Kier molecular flexibility index (Phi) is 5.59. The summed E-state index contributed by atoms with van der Waals surface area (Å²) in [6.07, 6.45) is 5.74. The number of nitrogens with zero attached hydrogens (tertiary/aromatic N) is 2. The first-order valence-corrected chi connectivity index (χ1v) is 11.6. The van der Waals surface area contributed by atoms with Crippen LogP contribution in [0.4, 0.5) is 10.1 Å². The minimum atomic E-state index is -3.40. The highest BCUT2D eigenvalue weighted by Gasteiger charge is 2.38. The first-order chi connectivity index (χ1) is 13.9. The van der Waals surface area contributed by atoms with Crippen LogP contribution in [0.25, 0.3) is 11.1 Å². The lowest BCUT2D eigenvalue weighted by atomic mass is 9.97. The van der Waals surface area contributed by atoms with Gasteiger partial charge in [-0.25, -0.2) is 12.8 Å². The highest BCUT2D eigenvalue weighted by Crippen LogP contribution is 2.39. The summed E-state index contributed by atoms with van der Waals surface area (Å²) in [5.74, 6) is -0.196. The molecule has 2 aromatic rings. The van der Waals surface area contributed by atoms with Crippen molar-refractivity contribution in [3.8, 4) is 11.1 Å². The summed E-state index contributed by atoms with van der Waals surface area (Å²) in [5, 5.41) is 2.86. The topological polar surface area (TPSA) is 74.3 Å². The molecule has 6 nitrogen and oxygen atoms in total. The van der Waals surface area contributed by atoms with Gasteiger partial charge in [-0.1, -0.05) is 0 Å². The van der Waals surface area contributed by atoms with E-state index in [-0.39, 0.29) is 17.7 Å². The van der Waals surface area contributed by atoms with Crippen molar-refractivity contribution in [1.82, 2.24) is 14.6 Å². The lowest BCUT2D eigenvalue weighted by Crippen LogP contribution is -2.59. The third-order valence-electron chi connectivity index (χ3n) is 5.92. The molecule has 2 heterocycles. The van der Waals surface area contributed by atoms with E-state index in [9.17, 15) is 12.8 Å². The van der Waals surface area contributed by atoms with Crippen LogP contribution in [-0.4, -0.2) is 49.4 Å². The molecule has 1 aromatic heterocycles. The molecule has 1 aliphatic carbocycles. The van der Waals surface area contributed by atoms with Crippen LogP contribution < -0.4 is 10.0 Å². The SMILES string of the molecule is CC(C)N1CC(S(=O)(=O)NCNc2c(-c3ccncc3)cc(F)c3c2CCC3)C1. The second kappa shape index (κ2) is 8.01. The molecule has 0 radical (unpaired) electrons. The summed E-state index contributed by atoms with van der Waals surface area (Å²) in [4.78, 5) is 6.16. The van der Waals surface area contributed by atoms with Crippen molar-refractivity contribution in [1.29, 1.82) is 0 Å². The van der Waals surface area contributed by atoms with Gasteiger partial charge >= 0.3 is 0 Å². The van der Waals surface area contributed by atoms with Gasteiger partial charge in [-0.2, -0.15) is 4.72 Å². The molecule has 2 N–H and O–H groups in total. The number of sulfonamides is 1. The maximum Gasteiger partial charge on any atom is 0.218 e. The number of pyridine rings is 1. The van der Waals surface area contributed by atoms with E-state index in [0.29, 0.717) is 25.6 Å². The van der Waals surface area contributed by atoms with Crippen molar-refractivity contribution >= 4 is 15.7 Å². The number of halogens is 1. The second-order valence-corrected chi connectivity index (χ2v) is 10.1. The van der Waals surface area contributed by atoms with E-state index in [0.717, 1.165) is 40.8 Å². The van der Waals surface area contributed by atoms with E-state index in [1.807, 2.05) is 12.1 Å². The number of anilines is 1. The zero-order chi connectivity index (χ0) is 20.6. The predicted molar refractivity (Wildman–Crippen MR) is 113 cm³/mol. The molecule has 8 heteroatoms. The van der Waals surface area contributed by atoms with Crippen LogP contribution >= 0.6 is 0 Å². The van der Waals surface area contributed by atoms with Gasteiger partial charge in [-0.3, -0.25) is 9.88 Å². The third kappa shape index (κ3) is 4.01. The highest BCUT2D eigenvalue weighted by atomic mass is 32.2. The first kappa shape index (κ1) is 20.3. The molecule has 2 aliphatic rings. The van der Waals surface area contributed by atoms with Crippen LogP contribution in [0, 0.1) is 5.82 Å². The molecule has 0 bridgehead atoms. The fourth-order valence-corrected chi connectivity index (χ4v) is 5.41. The molecule has 1 aliphatic heterocycles. The molecule has 0 atom stereocenters. The summed E-state index contributed by atoms with van der Waals surface area (Å²) in [6, 6.07) is 5.56. The number of fused-ring (bicyclic) bond motifs is 1. The summed E-state index contributed by atoms with van der Waals surface area (Å²) < 4.78 is 42.4. The van der Waals surface area contributed by atoms with Crippen molar-refractivity contribution in [3.05, 3.63) is 47.5 Å². The van der Waals surface area contributed by atoms with Crippen LogP contribution in [0.5, 0.6) is 0 Å². The van der Waals surface area contributed by atoms with E-state index in [4.69, 9.17) is 0 Å². The van der Waals surface area contributed by atoms with Crippen LogP contribution in [0.1, 0.15) is 31.4 Å².